The molecule has 1 aromatic heterocycles. The second-order valence-corrected chi connectivity index (χ2v) is 4.85. The minimum atomic E-state index is -0.129. The number of anilines is 2. The van der Waals surface area contributed by atoms with Crippen molar-refractivity contribution in [1.29, 1.82) is 0 Å². The number of amides is 1. The van der Waals surface area contributed by atoms with E-state index in [0.29, 0.717) is 29.5 Å². The maximum absolute atomic E-state index is 11.9. The van der Waals surface area contributed by atoms with Gasteiger partial charge < -0.3 is 25.4 Å². The van der Waals surface area contributed by atoms with Gasteiger partial charge in [-0.05, 0) is 0 Å². The number of nitrogens with zero attached hydrogens (tertiary/aromatic N) is 1. The van der Waals surface area contributed by atoms with Crippen molar-refractivity contribution in [1.82, 2.24) is 4.90 Å². The van der Waals surface area contributed by atoms with Crippen LogP contribution in [0.5, 0.6) is 5.75 Å². The van der Waals surface area contributed by atoms with E-state index in [2.05, 4.69) is 5.32 Å². The van der Waals surface area contributed by atoms with Crippen LogP contribution >= 0.6 is 11.3 Å². The van der Waals surface area contributed by atoms with Gasteiger partial charge in [0.1, 0.15) is 15.6 Å². The summed E-state index contributed by atoms with van der Waals surface area (Å²) < 4.78 is 10.2. The number of nitrogen functional groups attached to an aromatic ring is 1. The van der Waals surface area contributed by atoms with Gasteiger partial charge in [0.25, 0.3) is 5.91 Å². The normalized spacial score (nSPS) is 10.2. The first-order valence-corrected chi connectivity index (χ1v) is 6.25. The zero-order valence-electron chi connectivity index (χ0n) is 11.1. The standard InChI is InChI=1S/C11H19N3O3S/c1-14(2)11(15)9-7(12)8(17-4)10(18-9)13-5-6-16-3/h13H,5-6,12H2,1-4H3. The summed E-state index contributed by atoms with van der Waals surface area (Å²) >= 11 is 1.29. The zero-order chi connectivity index (χ0) is 13.7. The third-order valence-corrected chi connectivity index (χ3v) is 3.43. The van der Waals surface area contributed by atoms with Crippen molar-refractivity contribution in [3.05, 3.63) is 4.88 Å². The molecule has 0 aliphatic heterocycles. The molecule has 18 heavy (non-hydrogen) atoms. The Hall–Kier alpha value is -1.47. The molecule has 102 valence electrons. The van der Waals surface area contributed by atoms with E-state index in [1.54, 1.807) is 21.2 Å². The van der Waals surface area contributed by atoms with E-state index in [1.807, 2.05) is 0 Å². The van der Waals surface area contributed by atoms with E-state index in [4.69, 9.17) is 15.2 Å². The molecule has 1 aromatic rings. The molecule has 0 bridgehead atoms. The molecule has 1 rings (SSSR count). The summed E-state index contributed by atoms with van der Waals surface area (Å²) in [6.45, 7) is 1.19. The van der Waals surface area contributed by atoms with Gasteiger partial charge in [-0.25, -0.2) is 0 Å². The Morgan fingerprint density at radius 1 is 1.44 bits per heavy atom. The number of methoxy groups -OCH3 is 2. The molecule has 0 spiro atoms. The number of hydrogen-bond donors (Lipinski definition) is 2. The Kier molecular flexibility index (Phi) is 5.24. The van der Waals surface area contributed by atoms with Gasteiger partial charge in [-0.2, -0.15) is 0 Å². The third-order valence-electron chi connectivity index (χ3n) is 2.30. The summed E-state index contributed by atoms with van der Waals surface area (Å²) in [6, 6.07) is 0. The monoisotopic (exact) mass is 273 g/mol. The summed E-state index contributed by atoms with van der Waals surface area (Å²) in [6.07, 6.45) is 0. The predicted molar refractivity (Wildman–Crippen MR) is 73.7 cm³/mol. The van der Waals surface area contributed by atoms with Crippen LogP contribution in [0.4, 0.5) is 10.7 Å². The van der Waals surface area contributed by atoms with Crippen LogP contribution in [0.2, 0.25) is 0 Å². The van der Waals surface area contributed by atoms with Crippen molar-refractivity contribution < 1.29 is 14.3 Å². The molecule has 0 unspecified atom stereocenters. The van der Waals surface area contributed by atoms with Gasteiger partial charge in [0.2, 0.25) is 0 Å². The summed E-state index contributed by atoms with van der Waals surface area (Å²) in [7, 11) is 6.53. The molecular weight excluding hydrogens is 254 g/mol. The summed E-state index contributed by atoms with van der Waals surface area (Å²) in [5, 5.41) is 3.89. The zero-order valence-corrected chi connectivity index (χ0v) is 11.9. The lowest BCUT2D eigenvalue weighted by Gasteiger charge is -2.08. The predicted octanol–water partition coefficient (Wildman–Crippen LogP) is 1.10. The van der Waals surface area contributed by atoms with Gasteiger partial charge in [-0.15, -0.1) is 11.3 Å². The molecule has 0 saturated heterocycles. The molecule has 0 aliphatic carbocycles. The highest BCUT2D eigenvalue weighted by atomic mass is 32.1. The molecule has 0 fully saturated rings. The molecule has 0 radical (unpaired) electrons. The largest absolute Gasteiger partial charge is 0.492 e. The maximum atomic E-state index is 11.9. The molecule has 7 heteroatoms. The van der Waals surface area contributed by atoms with Crippen molar-refractivity contribution >= 4 is 27.9 Å². The van der Waals surface area contributed by atoms with Crippen LogP contribution in [0.25, 0.3) is 0 Å². The molecule has 0 aliphatic rings. The number of carbonyl (C=O) groups is 1. The molecule has 0 saturated carbocycles. The fourth-order valence-corrected chi connectivity index (χ4v) is 2.51. The van der Waals surface area contributed by atoms with E-state index >= 15 is 0 Å². The first-order valence-electron chi connectivity index (χ1n) is 5.43. The fraction of sp³-hybridized carbons (Fsp3) is 0.545. The molecule has 1 heterocycles. The van der Waals surface area contributed by atoms with Gasteiger partial charge in [-0.3, -0.25) is 4.79 Å². The van der Waals surface area contributed by atoms with Gasteiger partial charge in [0.15, 0.2) is 5.75 Å². The average molecular weight is 273 g/mol. The first kappa shape index (κ1) is 14.6. The first-order chi connectivity index (χ1) is 8.52. The number of carbonyl (C=O) groups excluding carboxylic acids is 1. The molecule has 3 N–H and O–H groups in total. The van der Waals surface area contributed by atoms with Crippen LogP contribution in [-0.4, -0.2) is 52.3 Å². The lowest BCUT2D eigenvalue weighted by atomic mass is 10.3. The fourth-order valence-electron chi connectivity index (χ4n) is 1.38. The molecular formula is C11H19N3O3S. The second kappa shape index (κ2) is 6.46. The lowest BCUT2D eigenvalue weighted by molar-refractivity contribution is 0.0833. The summed E-state index contributed by atoms with van der Waals surface area (Å²) in [5.74, 6) is 0.386. The van der Waals surface area contributed by atoms with E-state index in [-0.39, 0.29) is 5.91 Å². The van der Waals surface area contributed by atoms with Crippen molar-refractivity contribution in [3.8, 4) is 5.75 Å². The van der Waals surface area contributed by atoms with E-state index in [9.17, 15) is 4.79 Å². The Morgan fingerprint density at radius 2 is 2.11 bits per heavy atom. The Balaban J connectivity index is 2.97. The van der Waals surface area contributed by atoms with Crippen LogP contribution < -0.4 is 15.8 Å². The van der Waals surface area contributed by atoms with Crippen LogP contribution in [0.1, 0.15) is 9.67 Å². The molecule has 0 aromatic carbocycles. The quantitative estimate of drug-likeness (QED) is 0.759. The third kappa shape index (κ3) is 3.05. The summed E-state index contributed by atoms with van der Waals surface area (Å²) in [5.41, 5.74) is 6.30. The van der Waals surface area contributed by atoms with Gasteiger partial charge in [-0.1, -0.05) is 0 Å². The Bertz CT molecular complexity index is 418. The number of ether oxygens (including phenoxy) is 2. The lowest BCUT2D eigenvalue weighted by Crippen LogP contribution is -2.21. The molecule has 1 amide bonds. The minimum absolute atomic E-state index is 0.129. The van der Waals surface area contributed by atoms with Crippen LogP contribution in [-0.2, 0) is 4.74 Å². The Morgan fingerprint density at radius 3 is 2.61 bits per heavy atom. The second-order valence-electron chi connectivity index (χ2n) is 3.83. The number of nitrogens with two attached hydrogens (primary N) is 1. The molecule has 6 nitrogen and oxygen atoms in total. The summed E-state index contributed by atoms with van der Waals surface area (Å²) in [4.78, 5) is 13.9. The highest BCUT2D eigenvalue weighted by molar-refractivity contribution is 7.19. The van der Waals surface area contributed by atoms with Gasteiger partial charge >= 0.3 is 0 Å². The van der Waals surface area contributed by atoms with Crippen LogP contribution in [0.15, 0.2) is 0 Å². The minimum Gasteiger partial charge on any atom is -0.492 e. The average Bonchev–Trinajstić information content (AvgIpc) is 2.65. The topological polar surface area (TPSA) is 76.8 Å². The highest BCUT2D eigenvalue weighted by Gasteiger charge is 2.22. The van der Waals surface area contributed by atoms with Crippen molar-refractivity contribution in [2.24, 2.45) is 0 Å². The van der Waals surface area contributed by atoms with E-state index < -0.39 is 0 Å². The van der Waals surface area contributed by atoms with Crippen LogP contribution in [0, 0.1) is 0 Å². The number of hydrogen-bond acceptors (Lipinski definition) is 6. The number of rotatable bonds is 6. The molecule has 0 atom stereocenters. The van der Waals surface area contributed by atoms with Crippen LogP contribution in [0.3, 0.4) is 0 Å². The Labute approximate surface area is 111 Å². The number of thiophene rings is 1. The van der Waals surface area contributed by atoms with Gasteiger partial charge in [0.05, 0.1) is 13.7 Å². The smallest absolute Gasteiger partial charge is 0.265 e. The highest BCUT2D eigenvalue weighted by Crippen LogP contribution is 2.42. The number of nitrogens with one attached hydrogen (secondary N) is 1. The van der Waals surface area contributed by atoms with Crippen molar-refractivity contribution in [3.63, 3.8) is 0 Å². The SMILES string of the molecule is COCCNc1sc(C(=O)N(C)C)c(N)c1OC. The van der Waals surface area contributed by atoms with E-state index in [1.165, 1.54) is 23.3 Å². The van der Waals surface area contributed by atoms with E-state index in [0.717, 1.165) is 5.00 Å². The van der Waals surface area contributed by atoms with Crippen molar-refractivity contribution in [2.45, 2.75) is 0 Å². The van der Waals surface area contributed by atoms with Gasteiger partial charge in [0, 0.05) is 27.7 Å². The maximum Gasteiger partial charge on any atom is 0.265 e. The van der Waals surface area contributed by atoms with Crippen molar-refractivity contribution in [2.75, 3.05) is 52.5 Å².